The van der Waals surface area contributed by atoms with E-state index in [1.54, 1.807) is 11.0 Å². The van der Waals surface area contributed by atoms with Crippen molar-refractivity contribution in [3.05, 3.63) is 60.2 Å². The molecule has 0 aliphatic carbocycles. The molecular weight excluding hydrogens is 318 g/mol. The van der Waals surface area contributed by atoms with Crippen LogP contribution in [0.25, 0.3) is 11.4 Å². The van der Waals surface area contributed by atoms with Crippen LogP contribution in [0.1, 0.15) is 29.3 Å². The second-order valence-corrected chi connectivity index (χ2v) is 5.93. The van der Waals surface area contributed by atoms with E-state index in [0.29, 0.717) is 18.9 Å². The number of fused-ring (bicyclic) bond motifs is 1. The topological polar surface area (TPSA) is 84.1 Å². The van der Waals surface area contributed by atoms with Crippen molar-refractivity contribution in [3.8, 4) is 17.1 Å². The fourth-order valence-electron chi connectivity index (χ4n) is 3.05. The molecule has 7 heteroatoms. The maximum absolute atomic E-state index is 12.8. The van der Waals surface area contributed by atoms with E-state index < -0.39 is 0 Å². The molecule has 0 saturated heterocycles. The minimum Gasteiger partial charge on any atom is -0.505 e. The van der Waals surface area contributed by atoms with Crippen LogP contribution < -0.4 is 0 Å². The molecular formula is C18H17N5O2. The van der Waals surface area contributed by atoms with Crippen molar-refractivity contribution in [1.29, 1.82) is 0 Å². The molecule has 126 valence electrons. The minimum atomic E-state index is -0.305. The van der Waals surface area contributed by atoms with Crippen molar-refractivity contribution < 1.29 is 9.90 Å². The van der Waals surface area contributed by atoms with Gasteiger partial charge in [0.05, 0.1) is 12.6 Å². The Morgan fingerprint density at radius 3 is 2.72 bits per heavy atom. The fraction of sp³-hybridized carbons (Fsp3) is 0.222. The molecule has 0 bridgehead atoms. The summed E-state index contributed by atoms with van der Waals surface area (Å²) in [5.41, 5.74) is 1.00. The van der Waals surface area contributed by atoms with Crippen LogP contribution in [0.4, 0.5) is 0 Å². The Balaban J connectivity index is 1.65. The number of nitrogens with zero attached hydrogens (tertiary/aromatic N) is 5. The lowest BCUT2D eigenvalue weighted by atomic mass is 10.1. The zero-order valence-electron chi connectivity index (χ0n) is 13.7. The van der Waals surface area contributed by atoms with Crippen LogP contribution >= 0.6 is 0 Å². The molecule has 3 aromatic rings. The van der Waals surface area contributed by atoms with E-state index in [-0.39, 0.29) is 23.4 Å². The first-order valence-electron chi connectivity index (χ1n) is 8.10. The molecule has 1 aromatic carbocycles. The van der Waals surface area contributed by atoms with Gasteiger partial charge in [0.15, 0.2) is 11.5 Å². The van der Waals surface area contributed by atoms with Crippen molar-refractivity contribution in [1.82, 2.24) is 24.6 Å². The summed E-state index contributed by atoms with van der Waals surface area (Å²) in [7, 11) is 0. The van der Waals surface area contributed by atoms with Crippen LogP contribution in [0.15, 0.2) is 48.7 Å². The number of aromatic hydroxyl groups is 1. The van der Waals surface area contributed by atoms with Gasteiger partial charge in [-0.3, -0.25) is 4.79 Å². The van der Waals surface area contributed by atoms with Gasteiger partial charge >= 0.3 is 0 Å². The van der Waals surface area contributed by atoms with E-state index in [0.717, 1.165) is 11.4 Å². The summed E-state index contributed by atoms with van der Waals surface area (Å²) in [6, 6.07) is 12.5. The van der Waals surface area contributed by atoms with E-state index in [1.165, 1.54) is 12.3 Å². The number of amides is 1. The lowest BCUT2D eigenvalue weighted by Crippen LogP contribution is -2.41. The summed E-state index contributed by atoms with van der Waals surface area (Å²) in [4.78, 5) is 23.1. The molecule has 0 unspecified atom stereocenters. The van der Waals surface area contributed by atoms with Gasteiger partial charge in [-0.15, -0.1) is 0 Å². The van der Waals surface area contributed by atoms with Crippen molar-refractivity contribution in [2.75, 3.05) is 6.54 Å². The lowest BCUT2D eigenvalue weighted by Gasteiger charge is -2.32. The predicted molar refractivity (Wildman–Crippen MR) is 90.8 cm³/mol. The van der Waals surface area contributed by atoms with Gasteiger partial charge in [0.1, 0.15) is 11.6 Å². The Morgan fingerprint density at radius 1 is 1.16 bits per heavy atom. The molecule has 3 heterocycles. The predicted octanol–water partition coefficient (Wildman–Crippen LogP) is 2.26. The Morgan fingerprint density at radius 2 is 1.96 bits per heavy atom. The second-order valence-electron chi connectivity index (χ2n) is 5.93. The Kier molecular flexibility index (Phi) is 3.68. The van der Waals surface area contributed by atoms with Gasteiger partial charge in [0, 0.05) is 18.3 Å². The first-order valence-corrected chi connectivity index (χ1v) is 8.10. The quantitative estimate of drug-likeness (QED) is 0.776. The number of carbonyl (C=O) groups excluding carboxylic acids is 1. The summed E-state index contributed by atoms with van der Waals surface area (Å²) in [5, 5.41) is 14.5. The van der Waals surface area contributed by atoms with Crippen LogP contribution in [0.3, 0.4) is 0 Å². The summed E-state index contributed by atoms with van der Waals surface area (Å²) >= 11 is 0. The lowest BCUT2D eigenvalue weighted by molar-refractivity contribution is 0.0621. The van der Waals surface area contributed by atoms with Crippen LogP contribution in [0.2, 0.25) is 0 Å². The van der Waals surface area contributed by atoms with Crippen molar-refractivity contribution in [2.45, 2.75) is 19.5 Å². The Labute approximate surface area is 144 Å². The van der Waals surface area contributed by atoms with Crippen LogP contribution in [-0.4, -0.2) is 42.2 Å². The molecule has 0 saturated carbocycles. The van der Waals surface area contributed by atoms with E-state index in [4.69, 9.17) is 0 Å². The monoisotopic (exact) mass is 335 g/mol. The minimum absolute atomic E-state index is 0.0607. The van der Waals surface area contributed by atoms with Crippen molar-refractivity contribution >= 4 is 5.91 Å². The van der Waals surface area contributed by atoms with Crippen molar-refractivity contribution in [2.24, 2.45) is 0 Å². The molecule has 1 aliphatic heterocycles. The largest absolute Gasteiger partial charge is 0.505 e. The highest BCUT2D eigenvalue weighted by Gasteiger charge is 2.32. The zero-order chi connectivity index (χ0) is 17.4. The zero-order valence-corrected chi connectivity index (χ0v) is 13.7. The normalized spacial score (nSPS) is 16.5. The van der Waals surface area contributed by atoms with E-state index in [9.17, 15) is 9.90 Å². The molecule has 7 nitrogen and oxygen atoms in total. The maximum Gasteiger partial charge on any atom is 0.276 e. The Hall–Kier alpha value is -3.22. The molecule has 0 radical (unpaired) electrons. The first kappa shape index (κ1) is 15.3. The number of rotatable bonds is 2. The van der Waals surface area contributed by atoms with Crippen LogP contribution in [0, 0.1) is 0 Å². The highest BCUT2D eigenvalue weighted by Crippen LogP contribution is 2.28. The molecule has 25 heavy (non-hydrogen) atoms. The molecule has 0 spiro atoms. The third kappa shape index (κ3) is 2.63. The SMILES string of the molecule is C[C@H]1c2nc(-c3ccccc3)nn2CCN1C(=O)c1ncccc1O. The van der Waals surface area contributed by atoms with Gasteiger partial charge in [-0.25, -0.2) is 14.6 Å². The highest BCUT2D eigenvalue weighted by molar-refractivity contribution is 5.95. The summed E-state index contributed by atoms with van der Waals surface area (Å²) in [6.07, 6.45) is 1.50. The average molecular weight is 335 g/mol. The van der Waals surface area contributed by atoms with Gasteiger partial charge in [-0.1, -0.05) is 30.3 Å². The molecule has 1 aliphatic rings. The number of carbonyl (C=O) groups is 1. The van der Waals surface area contributed by atoms with E-state index >= 15 is 0 Å². The van der Waals surface area contributed by atoms with Crippen LogP contribution in [-0.2, 0) is 6.54 Å². The van der Waals surface area contributed by atoms with Gasteiger partial charge < -0.3 is 10.0 Å². The molecule has 1 amide bonds. The number of hydrogen-bond donors (Lipinski definition) is 1. The van der Waals surface area contributed by atoms with Gasteiger partial charge in [-0.2, -0.15) is 5.10 Å². The van der Waals surface area contributed by atoms with Gasteiger partial charge in [0.25, 0.3) is 5.91 Å². The standard InChI is InChI=1S/C18H17N5O2/c1-12-17-20-16(13-6-3-2-4-7-13)21-23(17)11-10-22(12)18(25)15-14(24)8-5-9-19-15/h2-9,12,24H,10-11H2,1H3/t12-/m0/s1. The Bertz CT molecular complexity index is 922. The maximum atomic E-state index is 12.8. The third-order valence-electron chi connectivity index (χ3n) is 4.38. The smallest absolute Gasteiger partial charge is 0.276 e. The summed E-state index contributed by atoms with van der Waals surface area (Å²) in [5.74, 6) is 0.962. The number of benzene rings is 1. The summed E-state index contributed by atoms with van der Waals surface area (Å²) in [6.45, 7) is 2.95. The third-order valence-corrected chi connectivity index (χ3v) is 4.38. The number of aromatic nitrogens is 4. The average Bonchev–Trinajstić information content (AvgIpc) is 3.08. The van der Waals surface area contributed by atoms with Gasteiger partial charge in [0.2, 0.25) is 0 Å². The van der Waals surface area contributed by atoms with Gasteiger partial charge in [-0.05, 0) is 19.1 Å². The van der Waals surface area contributed by atoms with Crippen molar-refractivity contribution in [3.63, 3.8) is 0 Å². The second kappa shape index (κ2) is 6.01. The van der Waals surface area contributed by atoms with E-state index in [2.05, 4.69) is 15.1 Å². The van der Waals surface area contributed by atoms with E-state index in [1.807, 2.05) is 41.9 Å². The number of hydrogen-bond acceptors (Lipinski definition) is 5. The fourth-order valence-corrected chi connectivity index (χ4v) is 3.05. The molecule has 4 rings (SSSR count). The van der Waals surface area contributed by atoms with Crippen LogP contribution in [0.5, 0.6) is 5.75 Å². The molecule has 0 fully saturated rings. The molecule has 1 N–H and O–H groups in total. The molecule has 2 aromatic heterocycles. The summed E-state index contributed by atoms with van der Waals surface area (Å²) < 4.78 is 1.84. The first-order chi connectivity index (χ1) is 12.1. The molecule has 1 atom stereocenters. The number of pyridine rings is 1. The highest BCUT2D eigenvalue weighted by atomic mass is 16.3.